The van der Waals surface area contributed by atoms with Crippen molar-refractivity contribution in [2.75, 3.05) is 33.5 Å². The van der Waals surface area contributed by atoms with Gasteiger partial charge in [0.15, 0.2) is 20.4 Å². The van der Waals surface area contributed by atoms with E-state index in [1.54, 1.807) is 0 Å². The molecular formula is C61H81BrI5N2O6-. The van der Waals surface area contributed by atoms with Crippen molar-refractivity contribution in [2.45, 2.75) is 131 Å². The van der Waals surface area contributed by atoms with E-state index in [1.165, 1.54) is 22.3 Å². The third kappa shape index (κ3) is 26.8. The van der Waals surface area contributed by atoms with Crippen LogP contribution in [0.1, 0.15) is 126 Å². The molecule has 0 radical (unpaired) electrons. The third-order valence-corrected chi connectivity index (χ3v) is 12.9. The van der Waals surface area contributed by atoms with Gasteiger partial charge in [0.2, 0.25) is 0 Å². The summed E-state index contributed by atoms with van der Waals surface area (Å²) in [6.07, 6.45) is 2.02. The number of aliphatic hydroxyl groups is 1. The van der Waals surface area contributed by atoms with Crippen LogP contribution < -0.4 is 22.7 Å². The average Bonchev–Trinajstić information content (AvgIpc) is 3.42. The molecule has 1 aliphatic heterocycles. The third-order valence-electron chi connectivity index (χ3n) is 12.4. The van der Waals surface area contributed by atoms with E-state index >= 15 is 0 Å². The maximum absolute atomic E-state index is 9.83. The molecule has 14 heteroatoms. The van der Waals surface area contributed by atoms with E-state index in [0.717, 1.165) is 58.6 Å². The second-order valence-corrected chi connectivity index (χ2v) is 35.8. The molecule has 8 nitrogen and oxygen atoms in total. The first-order chi connectivity index (χ1) is 35.9. The van der Waals surface area contributed by atoms with Crippen molar-refractivity contribution in [1.29, 1.82) is 0 Å². The van der Waals surface area contributed by atoms with E-state index in [9.17, 15) is 5.11 Å². The van der Waals surface area contributed by atoms with Gasteiger partial charge in [-0.05, 0) is 139 Å². The number of rotatable bonds is 21. The Morgan fingerprint density at radius 1 is 0.507 bits per heavy atom. The standard InChI is InChI=1S/C29H37NO2.C28H34BrNO.C3H6O3.CH4.I3.I2/c1-22(2)30(23(3)4)18-17-27(26-13-9-6-10-14-26)28-19-25(20-31)15-16-29(28)32-21-24-11-7-5-8-12-24;1-21(2)30(22(3)4)18-17-26(24-13-9-6-10-14-24)27-19-25(29)15-16-28(27)31-20-23-11-7-5-8-12-23;1-4-2-6-3-5-1;;1-3-2;1-2/h5-16,19,22-23,27,31H,17-18,20-21H2,1-4H3;5-16,19,21-22,26H,17-18,20H2,1-4H3;1-3H2;1H4;;/q;;;;-1;/t27-;26-;;;;/m11..../s1. The zero-order valence-electron chi connectivity index (χ0n) is 44.2. The number of hydrogen-bond donors (Lipinski definition) is 1. The van der Waals surface area contributed by atoms with E-state index in [0.29, 0.717) is 71.0 Å². The number of aliphatic hydroxyl groups excluding tert-OH is 1. The van der Waals surface area contributed by atoms with Gasteiger partial charge in [0.05, 0.1) is 6.61 Å². The van der Waals surface area contributed by atoms with Crippen molar-refractivity contribution in [3.8, 4) is 11.5 Å². The van der Waals surface area contributed by atoms with Gasteiger partial charge in [-0.3, -0.25) is 9.80 Å². The van der Waals surface area contributed by atoms with E-state index < -0.39 is 0 Å². The van der Waals surface area contributed by atoms with Gasteiger partial charge in [0.1, 0.15) is 24.7 Å². The first-order valence-electron chi connectivity index (χ1n) is 25.1. The number of ether oxygens (including phenoxy) is 5. The molecule has 0 bridgehead atoms. The Bertz CT molecular complexity index is 2310. The second-order valence-electron chi connectivity index (χ2n) is 18.6. The number of halogens is 6. The fraction of sp³-hybridized carbons (Fsp3) is 0.410. The van der Waals surface area contributed by atoms with Gasteiger partial charge in [-0.2, -0.15) is 0 Å². The summed E-state index contributed by atoms with van der Waals surface area (Å²) in [5.74, 6) is 2.31. The predicted molar refractivity (Wildman–Crippen MR) is 348 cm³/mol. The zero-order valence-corrected chi connectivity index (χ0v) is 56.6. The van der Waals surface area contributed by atoms with Gasteiger partial charge in [0, 0.05) is 88.8 Å². The molecule has 6 aromatic carbocycles. The normalized spacial score (nSPS) is 12.8. The molecule has 414 valence electrons. The predicted octanol–water partition coefficient (Wildman–Crippen LogP) is 15.2. The maximum atomic E-state index is 9.83. The Morgan fingerprint density at radius 2 is 0.840 bits per heavy atom. The quantitative estimate of drug-likeness (QED) is 0.0715. The van der Waals surface area contributed by atoms with Crippen LogP contribution in [0, 0.1) is 0 Å². The van der Waals surface area contributed by atoms with Crippen LogP contribution in [0.3, 0.4) is 0 Å². The fourth-order valence-electron chi connectivity index (χ4n) is 8.93. The van der Waals surface area contributed by atoms with Crippen LogP contribution in [0.25, 0.3) is 0 Å². The molecule has 75 heavy (non-hydrogen) atoms. The van der Waals surface area contributed by atoms with Gasteiger partial charge < -0.3 is 28.8 Å². The Kier molecular flexibility index (Phi) is 38.9. The minimum atomic E-state index is 0. The van der Waals surface area contributed by atoms with Crippen molar-refractivity contribution >= 4 is 90.4 Å². The first kappa shape index (κ1) is 69.9. The molecule has 0 amide bonds. The molecule has 2 atom stereocenters. The van der Waals surface area contributed by atoms with E-state index in [4.69, 9.17) is 9.47 Å². The van der Waals surface area contributed by atoms with E-state index in [-0.39, 0.29) is 25.9 Å². The molecule has 6 aromatic rings. The molecule has 0 aromatic heterocycles. The summed E-state index contributed by atoms with van der Waals surface area (Å²) in [6.45, 7) is 22.5. The Morgan fingerprint density at radius 3 is 1.17 bits per heavy atom. The fourth-order valence-corrected chi connectivity index (χ4v) is 9.31. The topological polar surface area (TPSA) is 72.9 Å². The molecule has 7 rings (SSSR count). The zero-order chi connectivity index (χ0) is 54.1. The van der Waals surface area contributed by atoms with Gasteiger partial charge in [-0.15, -0.1) is 0 Å². The SMILES string of the molecule is C.C1OCOCO1.CC(C)N(CC[C@H](c1ccccc1)c1cc(Br)ccc1OCc1ccccc1)C(C)C.CC(C)N(CC[C@H](c1ccccc1)c1cc(CO)ccc1OCc1ccccc1)C(C)C.II.I[I-]I. The van der Waals surface area contributed by atoms with Crippen LogP contribution in [0.15, 0.2) is 162 Å². The van der Waals surface area contributed by atoms with E-state index in [2.05, 4.69) is 291 Å². The molecule has 1 N–H and O–H groups in total. The Labute approximate surface area is 513 Å². The second kappa shape index (κ2) is 41.8. The van der Waals surface area contributed by atoms with Crippen molar-refractivity contribution in [3.05, 3.63) is 201 Å². The Hall–Kier alpha value is -1.19. The summed E-state index contributed by atoms with van der Waals surface area (Å²) < 4.78 is 27.6. The van der Waals surface area contributed by atoms with Crippen LogP contribution in [-0.4, -0.2) is 72.5 Å². The first-order valence-corrected chi connectivity index (χ1v) is 44.7. The summed E-state index contributed by atoms with van der Waals surface area (Å²) >= 11 is 13.2. The number of nitrogens with zero attached hydrogens (tertiary/aromatic N) is 2. The van der Waals surface area contributed by atoms with Gasteiger partial charge in [-0.25, -0.2) is 0 Å². The molecule has 0 aliphatic carbocycles. The van der Waals surface area contributed by atoms with Crippen LogP contribution in [0.4, 0.5) is 0 Å². The minimum absolute atomic E-state index is 0. The van der Waals surface area contributed by atoms with Crippen LogP contribution in [0.2, 0.25) is 0 Å². The Balaban J connectivity index is 0.000000423. The summed E-state index contributed by atoms with van der Waals surface area (Å²) in [5.41, 5.74) is 8.23. The van der Waals surface area contributed by atoms with Gasteiger partial charge in [0.25, 0.3) is 0 Å². The molecule has 0 saturated carbocycles. The molecular weight excluding hydrogens is 1570 g/mol. The summed E-state index contributed by atoms with van der Waals surface area (Å²) in [5, 5.41) is 9.83. The molecule has 1 fully saturated rings. The number of benzene rings is 6. The monoisotopic (exact) mass is 1650 g/mol. The average molecular weight is 1650 g/mol. The summed E-state index contributed by atoms with van der Waals surface area (Å²) in [6, 6.07) is 56.6. The number of hydrogen-bond acceptors (Lipinski definition) is 8. The molecule has 1 heterocycles. The van der Waals surface area contributed by atoms with Crippen molar-refractivity contribution in [1.82, 2.24) is 9.80 Å². The van der Waals surface area contributed by atoms with Gasteiger partial charge >= 0.3 is 50.5 Å². The molecule has 0 unspecified atom stereocenters. The van der Waals surface area contributed by atoms with Crippen molar-refractivity contribution < 1.29 is 42.0 Å². The summed E-state index contributed by atoms with van der Waals surface area (Å²) in [7, 11) is 0. The molecule has 1 saturated heterocycles. The summed E-state index contributed by atoms with van der Waals surface area (Å²) in [4.78, 5) is 5.11. The van der Waals surface area contributed by atoms with Crippen molar-refractivity contribution in [3.63, 3.8) is 0 Å². The van der Waals surface area contributed by atoms with Crippen LogP contribution >= 0.6 is 90.4 Å². The van der Waals surface area contributed by atoms with Crippen LogP contribution in [-0.2, 0) is 34.0 Å². The van der Waals surface area contributed by atoms with Gasteiger partial charge in [-0.1, -0.05) is 151 Å². The molecule has 1 aliphatic rings. The van der Waals surface area contributed by atoms with Crippen LogP contribution in [0.5, 0.6) is 11.5 Å². The molecule has 0 spiro atoms. The van der Waals surface area contributed by atoms with Crippen molar-refractivity contribution in [2.24, 2.45) is 0 Å². The van der Waals surface area contributed by atoms with E-state index in [1.807, 2.05) is 36.4 Å².